The summed E-state index contributed by atoms with van der Waals surface area (Å²) < 4.78 is 39.4. The highest BCUT2D eigenvalue weighted by atomic mass is 35.5. The van der Waals surface area contributed by atoms with Crippen molar-refractivity contribution in [3.8, 4) is 5.75 Å². The van der Waals surface area contributed by atoms with Gasteiger partial charge >= 0.3 is 0 Å². The molecule has 2 atom stereocenters. The van der Waals surface area contributed by atoms with Gasteiger partial charge in [0.1, 0.15) is 5.75 Å². The number of aromatic amines is 1. The Morgan fingerprint density at radius 1 is 1.25 bits per heavy atom. The number of carbonyl (C=O) groups is 1. The molecule has 3 heterocycles. The van der Waals surface area contributed by atoms with Crippen LogP contribution in [-0.2, 0) is 11.3 Å². The summed E-state index contributed by atoms with van der Waals surface area (Å²) in [6.45, 7) is 8.02. The van der Waals surface area contributed by atoms with Crippen LogP contribution in [0, 0.1) is 18.8 Å². The molecule has 0 radical (unpaired) electrons. The van der Waals surface area contributed by atoms with Gasteiger partial charge in [-0.05, 0) is 70.2 Å². The van der Waals surface area contributed by atoms with E-state index >= 15 is 0 Å². The maximum absolute atomic E-state index is 13.4. The number of halogens is 3. The van der Waals surface area contributed by atoms with Crippen molar-refractivity contribution in [1.82, 2.24) is 15.2 Å². The van der Waals surface area contributed by atoms with E-state index in [4.69, 9.17) is 21.1 Å². The quantitative estimate of drug-likeness (QED) is 0.386. The van der Waals surface area contributed by atoms with Gasteiger partial charge in [-0.25, -0.2) is 8.78 Å². The minimum atomic E-state index is -2.49. The molecular weight excluding hydrogens is 560 g/mol. The molecule has 2 unspecified atom stereocenters. The Bertz CT molecular complexity index is 1340. The molecule has 1 aliphatic carbocycles. The third-order valence-corrected chi connectivity index (χ3v) is 9.40. The Morgan fingerprint density at radius 2 is 1.95 bits per heavy atom. The predicted molar refractivity (Wildman–Crippen MR) is 152 cm³/mol. The summed E-state index contributed by atoms with van der Waals surface area (Å²) in [5.41, 5.74) is 1.98. The first-order valence-electron chi connectivity index (χ1n) is 13.7. The first kappa shape index (κ1) is 29.4. The van der Waals surface area contributed by atoms with Gasteiger partial charge in [0.2, 0.25) is 11.7 Å². The van der Waals surface area contributed by atoms with E-state index in [0.717, 1.165) is 36.5 Å². The number of nitrogens with one attached hydrogen (secondary N) is 2. The van der Waals surface area contributed by atoms with Crippen molar-refractivity contribution in [3.05, 3.63) is 56.0 Å². The standard InChI is InChI=1S/C29H36ClF2N3O4S/c1-16-9-24(40-4)22(27(37)34-16)14-33-26(36)21-10-20(30)11-23-25(21)17(2)38-28(3,39-23)19-5-7-35(8-6-19)15-18-12-29(31,32)13-18/h9-11,17-19H,5-8,12-15H2,1-4H3,(H,33,36)(H,34,37). The van der Waals surface area contributed by atoms with Crippen LogP contribution < -0.4 is 15.6 Å². The fraction of sp³-hybridized carbons (Fsp3) is 0.586. The number of hydrogen-bond acceptors (Lipinski definition) is 6. The van der Waals surface area contributed by atoms with Crippen LogP contribution in [0.4, 0.5) is 8.78 Å². The van der Waals surface area contributed by atoms with Crippen LogP contribution in [0.15, 0.2) is 27.9 Å². The molecular formula is C29H36ClF2N3O4S. The van der Waals surface area contributed by atoms with Crippen molar-refractivity contribution in [2.24, 2.45) is 11.8 Å². The largest absolute Gasteiger partial charge is 0.462 e. The summed E-state index contributed by atoms with van der Waals surface area (Å²) in [5.74, 6) is -3.10. The topological polar surface area (TPSA) is 83.7 Å². The van der Waals surface area contributed by atoms with Crippen molar-refractivity contribution in [2.45, 2.75) is 75.7 Å². The Morgan fingerprint density at radius 3 is 2.60 bits per heavy atom. The molecule has 3 aliphatic rings. The number of likely N-dealkylation sites (tertiary alicyclic amines) is 1. The Kier molecular flexibility index (Phi) is 8.27. The van der Waals surface area contributed by atoms with Crippen LogP contribution in [0.1, 0.15) is 72.8 Å². The van der Waals surface area contributed by atoms with Gasteiger partial charge < -0.3 is 24.7 Å². The monoisotopic (exact) mass is 595 g/mol. The number of thioether (sulfide) groups is 1. The average molecular weight is 596 g/mol. The zero-order valence-electron chi connectivity index (χ0n) is 23.2. The highest BCUT2D eigenvalue weighted by Crippen LogP contribution is 2.47. The molecule has 2 N–H and O–H groups in total. The van der Waals surface area contributed by atoms with Gasteiger partial charge in [0.05, 0.1) is 11.7 Å². The summed E-state index contributed by atoms with van der Waals surface area (Å²) >= 11 is 7.90. The molecule has 40 heavy (non-hydrogen) atoms. The number of nitrogens with zero attached hydrogens (tertiary/aromatic N) is 1. The van der Waals surface area contributed by atoms with Crippen molar-refractivity contribution in [3.63, 3.8) is 0 Å². The molecule has 0 bridgehead atoms. The fourth-order valence-electron chi connectivity index (χ4n) is 6.34. The number of piperidine rings is 1. The van der Waals surface area contributed by atoms with E-state index in [9.17, 15) is 18.4 Å². The number of H-pyrrole nitrogens is 1. The molecule has 218 valence electrons. The van der Waals surface area contributed by atoms with Gasteiger partial charge in [-0.1, -0.05) is 11.6 Å². The lowest BCUT2D eigenvalue weighted by atomic mass is 9.80. The SMILES string of the molecule is CSc1cc(C)[nH]c(=O)c1CNC(=O)c1cc(Cl)cc2c1C(C)OC(C)(C1CCN(CC3CC(F)(F)C3)CC1)O2. The molecule has 2 aliphatic heterocycles. The van der Waals surface area contributed by atoms with Crippen molar-refractivity contribution < 1.29 is 23.0 Å². The molecule has 1 amide bonds. The van der Waals surface area contributed by atoms with Gasteiger partial charge in [-0.3, -0.25) is 9.59 Å². The number of aryl methyl sites for hydroxylation is 1. The van der Waals surface area contributed by atoms with E-state index in [1.54, 1.807) is 12.1 Å². The minimum Gasteiger partial charge on any atom is -0.462 e. The third kappa shape index (κ3) is 6.05. The number of pyridine rings is 1. The van der Waals surface area contributed by atoms with Crippen molar-refractivity contribution in [2.75, 3.05) is 25.9 Å². The van der Waals surface area contributed by atoms with Gasteiger partial charge in [0.25, 0.3) is 11.5 Å². The van der Waals surface area contributed by atoms with E-state index in [0.29, 0.717) is 34.0 Å². The normalized spacial score (nSPS) is 25.1. The highest BCUT2D eigenvalue weighted by Gasteiger charge is 2.48. The number of benzene rings is 1. The van der Waals surface area contributed by atoms with E-state index in [1.807, 2.05) is 33.1 Å². The van der Waals surface area contributed by atoms with Crippen LogP contribution in [0.25, 0.3) is 0 Å². The molecule has 0 spiro atoms. The number of rotatable bonds is 7. The summed E-state index contributed by atoms with van der Waals surface area (Å²) in [6.07, 6.45) is 3.06. The Balaban J connectivity index is 1.28. The number of alkyl halides is 2. The first-order valence-corrected chi connectivity index (χ1v) is 15.3. The van der Waals surface area contributed by atoms with Gasteiger partial charge in [0, 0.05) is 65.5 Å². The van der Waals surface area contributed by atoms with Gasteiger partial charge in [0.15, 0.2) is 0 Å². The van der Waals surface area contributed by atoms with Crippen LogP contribution >= 0.6 is 23.4 Å². The number of carbonyl (C=O) groups excluding carboxylic acids is 1. The van der Waals surface area contributed by atoms with Gasteiger partial charge in [-0.15, -0.1) is 11.8 Å². The number of hydrogen-bond donors (Lipinski definition) is 2. The second kappa shape index (κ2) is 11.3. The van der Waals surface area contributed by atoms with Crippen LogP contribution in [0.2, 0.25) is 5.02 Å². The van der Waals surface area contributed by atoms with Crippen LogP contribution in [0.5, 0.6) is 5.75 Å². The molecule has 1 saturated carbocycles. The Labute approximate surface area is 242 Å². The van der Waals surface area contributed by atoms with Crippen LogP contribution in [0.3, 0.4) is 0 Å². The number of ether oxygens (including phenoxy) is 2. The lowest BCUT2D eigenvalue weighted by Gasteiger charge is -2.47. The smallest absolute Gasteiger partial charge is 0.254 e. The van der Waals surface area contributed by atoms with Crippen LogP contribution in [-0.4, -0.2) is 53.4 Å². The molecule has 1 saturated heterocycles. The zero-order valence-corrected chi connectivity index (χ0v) is 24.8. The van der Waals surface area contributed by atoms with E-state index in [1.165, 1.54) is 11.8 Å². The molecule has 2 fully saturated rings. The first-order chi connectivity index (χ1) is 18.9. The van der Waals surface area contributed by atoms with Crippen molar-refractivity contribution >= 4 is 29.3 Å². The van der Waals surface area contributed by atoms with E-state index in [-0.39, 0.29) is 42.7 Å². The lowest BCUT2D eigenvalue weighted by molar-refractivity contribution is -0.251. The maximum atomic E-state index is 13.4. The lowest BCUT2D eigenvalue weighted by Crippen LogP contribution is -2.52. The molecule has 11 heteroatoms. The summed E-state index contributed by atoms with van der Waals surface area (Å²) in [6, 6.07) is 5.20. The Hall–Kier alpha value is -2.14. The summed E-state index contributed by atoms with van der Waals surface area (Å²) in [5, 5.41) is 3.24. The fourth-order valence-corrected chi connectivity index (χ4v) is 7.25. The molecule has 7 nitrogen and oxygen atoms in total. The third-order valence-electron chi connectivity index (χ3n) is 8.38. The van der Waals surface area contributed by atoms with Crippen molar-refractivity contribution in [1.29, 1.82) is 0 Å². The highest BCUT2D eigenvalue weighted by molar-refractivity contribution is 7.98. The predicted octanol–water partition coefficient (Wildman–Crippen LogP) is 5.93. The summed E-state index contributed by atoms with van der Waals surface area (Å²) in [4.78, 5) is 31.8. The minimum absolute atomic E-state index is 0.0118. The summed E-state index contributed by atoms with van der Waals surface area (Å²) in [7, 11) is 0. The molecule has 1 aromatic carbocycles. The molecule has 2 aromatic rings. The number of fused-ring (bicyclic) bond motifs is 1. The average Bonchev–Trinajstić information content (AvgIpc) is 2.86. The number of aromatic nitrogens is 1. The molecule has 1 aromatic heterocycles. The van der Waals surface area contributed by atoms with E-state index in [2.05, 4.69) is 15.2 Å². The van der Waals surface area contributed by atoms with Gasteiger partial charge in [-0.2, -0.15) is 0 Å². The second-order valence-corrected chi connectivity index (χ2v) is 12.7. The zero-order chi connectivity index (χ0) is 28.8. The molecule has 5 rings (SSSR count). The van der Waals surface area contributed by atoms with E-state index < -0.39 is 17.8 Å². The second-order valence-electron chi connectivity index (χ2n) is 11.5. The number of amides is 1. The maximum Gasteiger partial charge on any atom is 0.254 e.